The van der Waals surface area contributed by atoms with Gasteiger partial charge in [0.1, 0.15) is 5.82 Å². The number of rotatable bonds is 4. The number of hydrogen-bond acceptors (Lipinski definition) is 4. The van der Waals surface area contributed by atoms with E-state index >= 15 is 0 Å². The highest BCUT2D eigenvalue weighted by Crippen LogP contribution is 2.11. The Labute approximate surface area is 101 Å². The summed E-state index contributed by atoms with van der Waals surface area (Å²) in [6.45, 7) is 2.75. The molecule has 0 amide bonds. The van der Waals surface area contributed by atoms with Crippen LogP contribution in [-0.2, 0) is 6.42 Å². The van der Waals surface area contributed by atoms with Gasteiger partial charge < -0.3 is 11.1 Å². The van der Waals surface area contributed by atoms with Crippen LogP contribution in [0.5, 0.6) is 0 Å². The molecule has 0 bridgehead atoms. The van der Waals surface area contributed by atoms with Gasteiger partial charge >= 0.3 is 0 Å². The van der Waals surface area contributed by atoms with E-state index in [0.717, 1.165) is 30.2 Å². The maximum Gasteiger partial charge on any atom is 0.126 e. The molecule has 0 aliphatic carbocycles. The smallest absolute Gasteiger partial charge is 0.126 e. The number of nitrogens with one attached hydrogen (secondary N) is 1. The first-order chi connectivity index (χ1) is 8.25. The number of hydrogen-bond donors (Lipinski definition) is 2. The molecule has 0 aliphatic rings. The van der Waals surface area contributed by atoms with Crippen LogP contribution in [0.4, 0.5) is 11.5 Å². The number of aromatic nitrogens is 2. The monoisotopic (exact) mass is 228 g/mol. The minimum absolute atomic E-state index is 0.727. The van der Waals surface area contributed by atoms with Crippen molar-refractivity contribution in [3.63, 3.8) is 0 Å². The molecule has 0 atom stereocenters. The summed E-state index contributed by atoms with van der Waals surface area (Å²) in [6, 6.07) is 7.80. The number of nitrogens with zero attached hydrogens (tertiary/aromatic N) is 2. The Morgan fingerprint density at radius 1 is 1.18 bits per heavy atom. The van der Waals surface area contributed by atoms with Gasteiger partial charge in [-0.15, -0.1) is 0 Å². The molecule has 0 aromatic carbocycles. The molecule has 4 heteroatoms. The van der Waals surface area contributed by atoms with Crippen molar-refractivity contribution in [1.29, 1.82) is 0 Å². The molecule has 2 heterocycles. The number of nitrogen functional groups attached to an aromatic ring is 1. The van der Waals surface area contributed by atoms with Gasteiger partial charge in [0.05, 0.1) is 11.4 Å². The summed E-state index contributed by atoms with van der Waals surface area (Å²) in [4.78, 5) is 8.34. The number of pyridine rings is 2. The van der Waals surface area contributed by atoms with Gasteiger partial charge in [-0.25, -0.2) is 4.98 Å². The summed E-state index contributed by atoms with van der Waals surface area (Å²) in [5.74, 6) is 0.866. The van der Waals surface area contributed by atoms with Crippen LogP contribution in [0, 0.1) is 6.92 Å². The van der Waals surface area contributed by atoms with E-state index in [2.05, 4.69) is 15.3 Å². The van der Waals surface area contributed by atoms with E-state index < -0.39 is 0 Å². The molecule has 0 saturated carbocycles. The van der Waals surface area contributed by atoms with E-state index in [1.54, 1.807) is 12.4 Å². The van der Waals surface area contributed by atoms with E-state index in [4.69, 9.17) is 5.73 Å². The fraction of sp³-hybridized carbons (Fsp3) is 0.231. The van der Waals surface area contributed by atoms with Gasteiger partial charge in [-0.1, -0.05) is 0 Å². The van der Waals surface area contributed by atoms with Crippen LogP contribution in [0.15, 0.2) is 36.7 Å². The summed E-state index contributed by atoms with van der Waals surface area (Å²) in [5.41, 5.74) is 8.56. The Bertz CT molecular complexity index is 482. The number of anilines is 2. The van der Waals surface area contributed by atoms with Gasteiger partial charge in [0.25, 0.3) is 0 Å². The first kappa shape index (κ1) is 11.4. The van der Waals surface area contributed by atoms with Gasteiger partial charge in [-0.05, 0) is 43.2 Å². The molecule has 2 aromatic rings. The molecular formula is C13H16N4. The molecule has 0 aliphatic heterocycles. The van der Waals surface area contributed by atoms with Crippen LogP contribution in [-0.4, -0.2) is 16.5 Å². The molecule has 0 spiro atoms. The fourth-order valence-electron chi connectivity index (χ4n) is 1.55. The predicted molar refractivity (Wildman–Crippen MR) is 69.8 cm³/mol. The Balaban J connectivity index is 1.88. The van der Waals surface area contributed by atoms with Crippen LogP contribution in [0.1, 0.15) is 11.3 Å². The zero-order valence-corrected chi connectivity index (χ0v) is 9.85. The van der Waals surface area contributed by atoms with Gasteiger partial charge in [-0.3, -0.25) is 4.98 Å². The average Bonchev–Trinajstić information content (AvgIpc) is 2.35. The first-order valence-electron chi connectivity index (χ1n) is 5.61. The molecule has 0 radical (unpaired) electrons. The third kappa shape index (κ3) is 3.17. The van der Waals surface area contributed by atoms with Crippen molar-refractivity contribution in [2.24, 2.45) is 0 Å². The van der Waals surface area contributed by atoms with E-state index in [0.29, 0.717) is 0 Å². The van der Waals surface area contributed by atoms with Gasteiger partial charge in [0.15, 0.2) is 0 Å². The molecule has 0 unspecified atom stereocenters. The summed E-state index contributed by atoms with van der Waals surface area (Å²) >= 11 is 0. The minimum atomic E-state index is 0.727. The minimum Gasteiger partial charge on any atom is -0.397 e. The normalized spacial score (nSPS) is 10.2. The molecule has 2 rings (SSSR count). The zero-order valence-electron chi connectivity index (χ0n) is 9.85. The van der Waals surface area contributed by atoms with Crippen molar-refractivity contribution in [1.82, 2.24) is 9.97 Å². The topological polar surface area (TPSA) is 63.8 Å². The Hall–Kier alpha value is -2.10. The van der Waals surface area contributed by atoms with E-state index in [9.17, 15) is 0 Å². The number of aryl methyl sites for hydroxylation is 1. The van der Waals surface area contributed by atoms with Crippen molar-refractivity contribution in [3.8, 4) is 0 Å². The quantitative estimate of drug-likeness (QED) is 0.840. The van der Waals surface area contributed by atoms with Gasteiger partial charge in [0, 0.05) is 18.9 Å². The maximum atomic E-state index is 5.71. The van der Waals surface area contributed by atoms with Crippen LogP contribution in [0.3, 0.4) is 0 Å². The lowest BCUT2D eigenvalue weighted by molar-refractivity contribution is 0.996. The highest BCUT2D eigenvalue weighted by molar-refractivity contribution is 5.49. The SMILES string of the molecule is Cc1nc(NCCc2ccncc2)ccc1N. The second-order valence-corrected chi connectivity index (χ2v) is 3.90. The van der Waals surface area contributed by atoms with Crippen molar-refractivity contribution in [2.45, 2.75) is 13.3 Å². The molecule has 3 N–H and O–H groups in total. The fourth-order valence-corrected chi connectivity index (χ4v) is 1.55. The standard InChI is InChI=1S/C13H16N4/c1-10-12(14)2-3-13(17-10)16-9-6-11-4-7-15-8-5-11/h2-5,7-8H,6,9,14H2,1H3,(H,16,17). The lowest BCUT2D eigenvalue weighted by Crippen LogP contribution is -2.07. The molecule has 0 saturated heterocycles. The zero-order chi connectivity index (χ0) is 12.1. The second-order valence-electron chi connectivity index (χ2n) is 3.90. The first-order valence-corrected chi connectivity index (χ1v) is 5.61. The molecule has 88 valence electrons. The third-order valence-electron chi connectivity index (χ3n) is 2.60. The predicted octanol–water partition coefficient (Wildman–Crippen LogP) is 2.02. The highest BCUT2D eigenvalue weighted by Gasteiger charge is 1.98. The van der Waals surface area contributed by atoms with Crippen molar-refractivity contribution < 1.29 is 0 Å². The molecule has 17 heavy (non-hydrogen) atoms. The summed E-state index contributed by atoms with van der Waals surface area (Å²) in [7, 11) is 0. The summed E-state index contributed by atoms with van der Waals surface area (Å²) in [5, 5.41) is 3.27. The van der Waals surface area contributed by atoms with Crippen LogP contribution in [0.2, 0.25) is 0 Å². The van der Waals surface area contributed by atoms with Gasteiger partial charge in [-0.2, -0.15) is 0 Å². The Morgan fingerprint density at radius 2 is 1.94 bits per heavy atom. The molecular weight excluding hydrogens is 212 g/mol. The van der Waals surface area contributed by atoms with Crippen LogP contribution in [0.25, 0.3) is 0 Å². The lowest BCUT2D eigenvalue weighted by atomic mass is 10.2. The second kappa shape index (κ2) is 5.30. The summed E-state index contributed by atoms with van der Waals surface area (Å²) in [6.07, 6.45) is 4.56. The van der Waals surface area contributed by atoms with E-state index in [1.807, 2.05) is 31.2 Å². The summed E-state index contributed by atoms with van der Waals surface area (Å²) < 4.78 is 0. The van der Waals surface area contributed by atoms with Crippen LogP contribution >= 0.6 is 0 Å². The maximum absolute atomic E-state index is 5.71. The van der Waals surface area contributed by atoms with Crippen molar-refractivity contribution >= 4 is 11.5 Å². The van der Waals surface area contributed by atoms with E-state index in [-0.39, 0.29) is 0 Å². The van der Waals surface area contributed by atoms with Crippen molar-refractivity contribution in [3.05, 3.63) is 47.9 Å². The molecule has 0 fully saturated rings. The largest absolute Gasteiger partial charge is 0.397 e. The van der Waals surface area contributed by atoms with Crippen molar-refractivity contribution in [2.75, 3.05) is 17.6 Å². The Kier molecular flexibility index (Phi) is 3.55. The average molecular weight is 228 g/mol. The highest BCUT2D eigenvalue weighted by atomic mass is 15.0. The third-order valence-corrected chi connectivity index (χ3v) is 2.60. The number of nitrogens with two attached hydrogens (primary N) is 1. The molecule has 4 nitrogen and oxygen atoms in total. The Morgan fingerprint density at radius 3 is 2.65 bits per heavy atom. The lowest BCUT2D eigenvalue weighted by Gasteiger charge is -2.07. The van der Waals surface area contributed by atoms with E-state index in [1.165, 1.54) is 5.56 Å². The molecule has 2 aromatic heterocycles. The van der Waals surface area contributed by atoms with Crippen LogP contribution < -0.4 is 11.1 Å². The van der Waals surface area contributed by atoms with Gasteiger partial charge in [0.2, 0.25) is 0 Å².